The Morgan fingerprint density at radius 3 is 2.19 bits per heavy atom. The summed E-state index contributed by atoms with van der Waals surface area (Å²) in [5.41, 5.74) is 8.59. The molecule has 2 bridgehead atoms. The first-order chi connectivity index (χ1) is 13.2. The zero-order chi connectivity index (χ0) is 18.6. The van der Waals surface area contributed by atoms with Crippen molar-refractivity contribution in [1.29, 1.82) is 0 Å². The van der Waals surface area contributed by atoms with Gasteiger partial charge in [0.1, 0.15) is 0 Å². The van der Waals surface area contributed by atoms with Gasteiger partial charge in [0, 0.05) is 29.4 Å². The Morgan fingerprint density at radius 2 is 1.63 bits per heavy atom. The van der Waals surface area contributed by atoms with E-state index in [4.69, 9.17) is 5.73 Å². The van der Waals surface area contributed by atoms with Crippen molar-refractivity contribution in [2.24, 2.45) is 11.7 Å². The van der Waals surface area contributed by atoms with Gasteiger partial charge in [0.15, 0.2) is 0 Å². The van der Waals surface area contributed by atoms with E-state index in [0.717, 1.165) is 23.4 Å². The van der Waals surface area contributed by atoms with Crippen LogP contribution >= 0.6 is 0 Å². The Morgan fingerprint density at radius 1 is 1.00 bits per heavy atom. The van der Waals surface area contributed by atoms with Crippen LogP contribution in [0.4, 0.5) is 5.69 Å². The normalized spacial score (nSPS) is 23.3. The van der Waals surface area contributed by atoms with E-state index in [2.05, 4.69) is 33.8 Å². The second-order valence-corrected chi connectivity index (χ2v) is 7.46. The number of nitrogens with zero attached hydrogens (tertiary/aromatic N) is 2. The molecule has 4 nitrogen and oxygen atoms in total. The van der Waals surface area contributed by atoms with E-state index in [1.54, 1.807) is 0 Å². The van der Waals surface area contributed by atoms with Gasteiger partial charge in [-0.15, -0.1) is 0 Å². The molecule has 3 saturated heterocycles. The quantitative estimate of drug-likeness (QED) is 0.853. The van der Waals surface area contributed by atoms with Crippen molar-refractivity contribution in [3.63, 3.8) is 0 Å². The third-order valence-corrected chi connectivity index (χ3v) is 5.67. The third kappa shape index (κ3) is 4.15. The van der Waals surface area contributed by atoms with Gasteiger partial charge in [0.05, 0.1) is 6.54 Å². The van der Waals surface area contributed by atoms with Crippen molar-refractivity contribution >= 4 is 11.6 Å². The fourth-order valence-electron chi connectivity index (χ4n) is 4.26. The molecule has 2 N–H and O–H groups in total. The maximum atomic E-state index is 11.7. The van der Waals surface area contributed by atoms with Crippen molar-refractivity contribution in [2.75, 3.05) is 31.1 Å². The van der Waals surface area contributed by atoms with Crippen molar-refractivity contribution in [3.05, 3.63) is 65.7 Å². The number of piperidine rings is 3. The SMILES string of the molecule is NC(=O)CN(c1ccc(C#Cc2ccccc2)cc1)C1CN2CCC1CC2. The van der Waals surface area contributed by atoms with E-state index in [-0.39, 0.29) is 12.5 Å². The Labute approximate surface area is 161 Å². The molecule has 1 atom stereocenters. The van der Waals surface area contributed by atoms with Gasteiger partial charge in [0.25, 0.3) is 0 Å². The molecule has 1 unspecified atom stereocenters. The van der Waals surface area contributed by atoms with Crippen LogP contribution < -0.4 is 10.6 Å². The van der Waals surface area contributed by atoms with Crippen LogP contribution in [0.15, 0.2) is 54.6 Å². The molecule has 138 valence electrons. The minimum atomic E-state index is -0.278. The van der Waals surface area contributed by atoms with Gasteiger partial charge < -0.3 is 15.5 Å². The number of fused-ring (bicyclic) bond motifs is 3. The van der Waals surface area contributed by atoms with Gasteiger partial charge in [-0.05, 0) is 68.2 Å². The van der Waals surface area contributed by atoms with Crippen LogP contribution in [-0.4, -0.2) is 43.0 Å². The molecule has 2 aromatic carbocycles. The van der Waals surface area contributed by atoms with E-state index in [0.29, 0.717) is 12.0 Å². The van der Waals surface area contributed by atoms with E-state index in [9.17, 15) is 4.79 Å². The van der Waals surface area contributed by atoms with Crippen molar-refractivity contribution in [1.82, 2.24) is 4.90 Å². The second-order valence-electron chi connectivity index (χ2n) is 7.46. The monoisotopic (exact) mass is 359 g/mol. The number of hydrogen-bond donors (Lipinski definition) is 1. The summed E-state index contributed by atoms with van der Waals surface area (Å²) in [6.45, 7) is 3.65. The number of rotatable bonds is 4. The molecule has 0 saturated carbocycles. The molecule has 4 heteroatoms. The van der Waals surface area contributed by atoms with Gasteiger partial charge in [-0.1, -0.05) is 30.0 Å². The lowest BCUT2D eigenvalue weighted by Gasteiger charge is -2.49. The molecule has 3 aliphatic rings. The molecule has 27 heavy (non-hydrogen) atoms. The highest BCUT2D eigenvalue weighted by molar-refractivity contribution is 5.79. The largest absolute Gasteiger partial charge is 0.368 e. The Kier molecular flexibility index (Phi) is 5.13. The van der Waals surface area contributed by atoms with Gasteiger partial charge in [-0.3, -0.25) is 4.79 Å². The number of primary amides is 1. The number of carbonyl (C=O) groups is 1. The number of anilines is 1. The van der Waals surface area contributed by atoms with Crippen molar-refractivity contribution in [3.8, 4) is 11.8 Å². The summed E-state index contributed by atoms with van der Waals surface area (Å²) >= 11 is 0. The van der Waals surface area contributed by atoms with Gasteiger partial charge in [-0.2, -0.15) is 0 Å². The molecule has 1 amide bonds. The molecule has 3 aliphatic heterocycles. The first kappa shape index (κ1) is 17.6. The molecule has 3 heterocycles. The molecule has 3 fully saturated rings. The van der Waals surface area contributed by atoms with Crippen LogP contribution in [0.5, 0.6) is 0 Å². The topological polar surface area (TPSA) is 49.6 Å². The van der Waals surface area contributed by atoms with E-state index < -0.39 is 0 Å². The lowest BCUT2D eigenvalue weighted by atomic mass is 9.83. The fourth-order valence-corrected chi connectivity index (χ4v) is 4.26. The smallest absolute Gasteiger partial charge is 0.236 e. The predicted molar refractivity (Wildman–Crippen MR) is 108 cm³/mol. The summed E-state index contributed by atoms with van der Waals surface area (Å²) in [6.07, 6.45) is 2.42. The zero-order valence-corrected chi connectivity index (χ0v) is 15.5. The summed E-state index contributed by atoms with van der Waals surface area (Å²) < 4.78 is 0. The standard InChI is InChI=1S/C23H25N3O/c24-23(27)17-26(22-16-25-14-12-20(22)13-15-25)21-10-8-19(9-11-21)7-6-18-4-2-1-3-5-18/h1-5,8-11,20,22H,12-17H2,(H2,24,27). The lowest BCUT2D eigenvalue weighted by Crippen LogP contribution is -2.58. The maximum Gasteiger partial charge on any atom is 0.236 e. The number of amides is 1. The summed E-state index contributed by atoms with van der Waals surface area (Å²) in [5, 5.41) is 0. The summed E-state index contributed by atoms with van der Waals surface area (Å²) in [5.74, 6) is 6.76. The van der Waals surface area contributed by atoms with Gasteiger partial charge in [0.2, 0.25) is 5.91 Å². The molecule has 5 rings (SSSR count). The molecule has 0 radical (unpaired) electrons. The van der Waals surface area contributed by atoms with Crippen LogP contribution in [0.1, 0.15) is 24.0 Å². The Bertz CT molecular complexity index is 843. The highest BCUT2D eigenvalue weighted by atomic mass is 16.1. The molecule has 0 aliphatic carbocycles. The van der Waals surface area contributed by atoms with Crippen LogP contribution in [0.3, 0.4) is 0 Å². The molecular weight excluding hydrogens is 334 g/mol. The minimum absolute atomic E-state index is 0.268. The summed E-state index contributed by atoms with van der Waals surface area (Å²) in [6, 6.07) is 18.5. The maximum absolute atomic E-state index is 11.7. The number of hydrogen-bond acceptors (Lipinski definition) is 3. The van der Waals surface area contributed by atoms with Crippen LogP contribution in [0.25, 0.3) is 0 Å². The van der Waals surface area contributed by atoms with Gasteiger partial charge in [-0.25, -0.2) is 0 Å². The molecule has 0 aromatic heterocycles. The number of benzene rings is 2. The van der Waals surface area contributed by atoms with E-state index in [1.165, 1.54) is 25.9 Å². The zero-order valence-electron chi connectivity index (χ0n) is 15.5. The van der Waals surface area contributed by atoms with Crippen molar-refractivity contribution < 1.29 is 4.79 Å². The molecular formula is C23H25N3O. The van der Waals surface area contributed by atoms with Crippen LogP contribution in [0, 0.1) is 17.8 Å². The molecule has 0 spiro atoms. The van der Waals surface area contributed by atoms with Gasteiger partial charge >= 0.3 is 0 Å². The highest BCUT2D eigenvalue weighted by Crippen LogP contribution is 2.33. The second kappa shape index (κ2) is 7.85. The predicted octanol–water partition coefficient (Wildman–Crippen LogP) is 2.47. The van der Waals surface area contributed by atoms with E-state index >= 15 is 0 Å². The first-order valence-electron chi connectivity index (χ1n) is 9.63. The summed E-state index contributed by atoms with van der Waals surface area (Å²) in [4.78, 5) is 16.4. The lowest BCUT2D eigenvalue weighted by molar-refractivity contribution is -0.117. The average molecular weight is 359 g/mol. The Hall–Kier alpha value is -2.77. The third-order valence-electron chi connectivity index (χ3n) is 5.67. The Balaban J connectivity index is 1.54. The van der Waals surface area contributed by atoms with Crippen molar-refractivity contribution in [2.45, 2.75) is 18.9 Å². The average Bonchev–Trinajstić information content (AvgIpc) is 2.72. The number of nitrogens with two attached hydrogens (primary N) is 1. The highest BCUT2D eigenvalue weighted by Gasteiger charge is 2.38. The minimum Gasteiger partial charge on any atom is -0.368 e. The molecule has 2 aromatic rings. The first-order valence-corrected chi connectivity index (χ1v) is 9.63. The van der Waals surface area contributed by atoms with Crippen LogP contribution in [0.2, 0.25) is 0 Å². The number of carbonyl (C=O) groups excluding carboxylic acids is 1. The van der Waals surface area contributed by atoms with Crippen LogP contribution in [-0.2, 0) is 4.79 Å². The fraction of sp³-hybridized carbons (Fsp3) is 0.348. The summed E-state index contributed by atoms with van der Waals surface area (Å²) in [7, 11) is 0. The van der Waals surface area contributed by atoms with E-state index in [1.807, 2.05) is 42.5 Å².